The van der Waals surface area contributed by atoms with Gasteiger partial charge in [-0.3, -0.25) is 9.59 Å². The molecule has 7 heteroatoms. The molecule has 2 aromatic rings. The number of carbonyl (C=O) groups is 2. The van der Waals surface area contributed by atoms with Gasteiger partial charge in [-0.1, -0.05) is 34.1 Å². The van der Waals surface area contributed by atoms with Gasteiger partial charge in [-0.05, 0) is 37.6 Å². The van der Waals surface area contributed by atoms with Gasteiger partial charge >= 0.3 is 5.97 Å². The molecular formula is C20H19BrFNO3S. The number of carbonyl (C=O) groups excluding carboxylic acids is 2. The molecule has 3 rings (SSSR count). The van der Waals surface area contributed by atoms with Crippen LogP contribution in [-0.4, -0.2) is 23.7 Å². The molecular weight excluding hydrogens is 433 g/mol. The summed E-state index contributed by atoms with van der Waals surface area (Å²) in [5.41, 5.74) is 2.12. The highest BCUT2D eigenvalue weighted by Gasteiger charge is 2.36. The van der Waals surface area contributed by atoms with Crippen molar-refractivity contribution in [2.45, 2.75) is 37.0 Å². The van der Waals surface area contributed by atoms with Gasteiger partial charge in [0.05, 0.1) is 30.5 Å². The Balaban J connectivity index is 1.96. The van der Waals surface area contributed by atoms with Gasteiger partial charge in [-0.25, -0.2) is 4.39 Å². The molecule has 0 aliphatic carbocycles. The van der Waals surface area contributed by atoms with Crippen LogP contribution in [0.4, 0.5) is 10.1 Å². The van der Waals surface area contributed by atoms with E-state index in [0.29, 0.717) is 10.0 Å². The van der Waals surface area contributed by atoms with Crippen molar-refractivity contribution in [3.05, 3.63) is 57.8 Å². The van der Waals surface area contributed by atoms with Crippen molar-refractivity contribution in [3.8, 4) is 0 Å². The second-order valence-corrected chi connectivity index (χ2v) is 8.36. The van der Waals surface area contributed by atoms with Gasteiger partial charge in [-0.2, -0.15) is 0 Å². The lowest BCUT2D eigenvalue weighted by Gasteiger charge is -2.34. The molecule has 0 spiro atoms. The van der Waals surface area contributed by atoms with Crippen molar-refractivity contribution in [2.75, 3.05) is 11.5 Å². The summed E-state index contributed by atoms with van der Waals surface area (Å²) in [5, 5.41) is -0.586. The summed E-state index contributed by atoms with van der Waals surface area (Å²) in [6.45, 7) is 4.03. The van der Waals surface area contributed by atoms with E-state index in [1.807, 2.05) is 25.1 Å². The quantitative estimate of drug-likeness (QED) is 0.609. The number of thioether (sulfide) groups is 1. The average Bonchev–Trinajstić information content (AvgIpc) is 2.60. The molecule has 0 bridgehead atoms. The zero-order chi connectivity index (χ0) is 19.6. The van der Waals surface area contributed by atoms with Gasteiger partial charge in [0.15, 0.2) is 0 Å². The Morgan fingerprint density at radius 3 is 2.81 bits per heavy atom. The van der Waals surface area contributed by atoms with E-state index in [9.17, 15) is 14.0 Å². The maximum Gasteiger partial charge on any atom is 0.307 e. The third-order valence-electron chi connectivity index (χ3n) is 4.28. The van der Waals surface area contributed by atoms with E-state index in [-0.39, 0.29) is 31.3 Å². The number of esters is 1. The zero-order valence-electron chi connectivity index (χ0n) is 15.0. The van der Waals surface area contributed by atoms with Crippen LogP contribution in [0.15, 0.2) is 45.8 Å². The van der Waals surface area contributed by atoms with Crippen LogP contribution in [-0.2, 0) is 20.9 Å². The molecule has 2 aromatic carbocycles. The Kier molecular flexibility index (Phi) is 6.22. The van der Waals surface area contributed by atoms with Gasteiger partial charge < -0.3 is 9.64 Å². The van der Waals surface area contributed by atoms with Crippen LogP contribution >= 0.6 is 27.7 Å². The highest BCUT2D eigenvalue weighted by Crippen LogP contribution is 2.43. The molecule has 0 saturated heterocycles. The number of nitrogens with zero attached hydrogens (tertiary/aromatic N) is 1. The molecule has 1 amide bonds. The van der Waals surface area contributed by atoms with Crippen LogP contribution < -0.4 is 4.90 Å². The Bertz CT molecular complexity index is 890. The lowest BCUT2D eigenvalue weighted by Crippen LogP contribution is -2.42. The number of amides is 1. The Labute approximate surface area is 170 Å². The number of benzene rings is 2. The standard InChI is InChI=1S/C20H19BrFNO3S/c1-3-26-18(24)10-17-20(25)23(11-13-7-8-14(21)9-15(13)22)19-12(2)5-4-6-16(19)27-17/h4-9,17H,3,10-11H2,1-2H3. The second-order valence-electron chi connectivity index (χ2n) is 6.20. The second kappa shape index (κ2) is 8.44. The fourth-order valence-corrected chi connectivity index (χ4v) is 4.67. The first-order valence-electron chi connectivity index (χ1n) is 8.58. The van der Waals surface area contributed by atoms with Crippen molar-refractivity contribution in [1.29, 1.82) is 0 Å². The normalized spacial score (nSPS) is 16.2. The van der Waals surface area contributed by atoms with Crippen LogP contribution in [0.2, 0.25) is 0 Å². The van der Waals surface area contributed by atoms with E-state index in [1.165, 1.54) is 17.8 Å². The number of rotatable bonds is 5. The summed E-state index contributed by atoms with van der Waals surface area (Å²) in [6.07, 6.45) is -0.00988. The van der Waals surface area contributed by atoms with Crippen LogP contribution in [0.3, 0.4) is 0 Å². The molecule has 4 nitrogen and oxygen atoms in total. The monoisotopic (exact) mass is 451 g/mol. The van der Waals surface area contributed by atoms with Gasteiger partial charge in [0.25, 0.3) is 0 Å². The maximum atomic E-state index is 14.4. The molecule has 0 saturated carbocycles. The van der Waals surface area contributed by atoms with Gasteiger partial charge in [-0.15, -0.1) is 11.8 Å². The fraction of sp³-hybridized carbons (Fsp3) is 0.300. The van der Waals surface area contributed by atoms with Crippen LogP contribution in [0.1, 0.15) is 24.5 Å². The smallest absolute Gasteiger partial charge is 0.307 e. The van der Waals surface area contributed by atoms with E-state index < -0.39 is 11.2 Å². The average molecular weight is 452 g/mol. The van der Waals surface area contributed by atoms with E-state index in [4.69, 9.17) is 4.74 Å². The lowest BCUT2D eigenvalue weighted by atomic mass is 10.1. The number of fused-ring (bicyclic) bond motifs is 1. The van der Waals surface area contributed by atoms with Crippen molar-refractivity contribution in [3.63, 3.8) is 0 Å². The molecule has 0 aromatic heterocycles. The van der Waals surface area contributed by atoms with Crippen molar-refractivity contribution >= 4 is 45.3 Å². The number of anilines is 1. The number of ether oxygens (including phenoxy) is 1. The molecule has 27 heavy (non-hydrogen) atoms. The molecule has 0 N–H and O–H groups in total. The molecule has 1 unspecified atom stereocenters. The largest absolute Gasteiger partial charge is 0.466 e. The third kappa shape index (κ3) is 4.35. The predicted octanol–water partition coefficient (Wildman–Crippen LogP) is 4.86. The molecule has 1 atom stereocenters. The van der Waals surface area contributed by atoms with Crippen LogP contribution in [0.5, 0.6) is 0 Å². The highest BCUT2D eigenvalue weighted by atomic mass is 79.9. The molecule has 0 fully saturated rings. The summed E-state index contributed by atoms with van der Waals surface area (Å²) in [5.74, 6) is -1.00. The van der Waals surface area contributed by atoms with Gasteiger partial charge in [0.1, 0.15) is 5.82 Å². The van der Waals surface area contributed by atoms with Gasteiger partial charge in [0.2, 0.25) is 5.91 Å². The lowest BCUT2D eigenvalue weighted by molar-refractivity contribution is -0.144. The van der Waals surface area contributed by atoms with Crippen molar-refractivity contribution in [2.24, 2.45) is 0 Å². The number of halogens is 2. The minimum atomic E-state index is -0.586. The summed E-state index contributed by atoms with van der Waals surface area (Å²) >= 11 is 4.61. The molecule has 142 valence electrons. The van der Waals surface area contributed by atoms with E-state index >= 15 is 0 Å². The Morgan fingerprint density at radius 2 is 2.11 bits per heavy atom. The first-order valence-corrected chi connectivity index (χ1v) is 10.2. The number of aryl methyl sites for hydroxylation is 1. The van der Waals surface area contributed by atoms with Crippen molar-refractivity contribution < 1.29 is 18.7 Å². The number of hydrogen-bond acceptors (Lipinski definition) is 4. The Hall–Kier alpha value is -1.86. The molecule has 1 aliphatic heterocycles. The SMILES string of the molecule is CCOC(=O)CC1Sc2cccc(C)c2N(Cc2ccc(Br)cc2F)C1=O. The molecule has 1 aliphatic rings. The van der Waals surface area contributed by atoms with Crippen molar-refractivity contribution in [1.82, 2.24) is 0 Å². The maximum absolute atomic E-state index is 14.4. The third-order valence-corrected chi connectivity index (χ3v) is 6.01. The van der Waals surface area contributed by atoms with E-state index in [1.54, 1.807) is 24.0 Å². The Morgan fingerprint density at radius 1 is 1.33 bits per heavy atom. The first kappa shape index (κ1) is 19.9. The van der Waals surface area contributed by atoms with E-state index in [0.717, 1.165) is 16.1 Å². The number of para-hydroxylation sites is 1. The fourth-order valence-electron chi connectivity index (χ4n) is 3.04. The summed E-state index contributed by atoms with van der Waals surface area (Å²) in [7, 11) is 0. The first-order chi connectivity index (χ1) is 12.9. The zero-order valence-corrected chi connectivity index (χ0v) is 17.4. The summed E-state index contributed by atoms with van der Waals surface area (Å²) < 4.78 is 20.0. The molecule has 1 heterocycles. The summed E-state index contributed by atoms with van der Waals surface area (Å²) in [6, 6.07) is 10.5. The van der Waals surface area contributed by atoms with Gasteiger partial charge in [0, 0.05) is 14.9 Å². The van der Waals surface area contributed by atoms with E-state index in [2.05, 4.69) is 15.9 Å². The van der Waals surface area contributed by atoms with Crippen LogP contribution in [0.25, 0.3) is 0 Å². The topological polar surface area (TPSA) is 46.6 Å². The summed E-state index contributed by atoms with van der Waals surface area (Å²) in [4.78, 5) is 27.5. The predicted molar refractivity (Wildman–Crippen MR) is 107 cm³/mol. The number of hydrogen-bond donors (Lipinski definition) is 0. The minimum Gasteiger partial charge on any atom is -0.466 e. The van der Waals surface area contributed by atoms with Crippen LogP contribution in [0, 0.1) is 12.7 Å². The minimum absolute atomic E-state index is 0.00988. The molecule has 0 radical (unpaired) electrons. The highest BCUT2D eigenvalue weighted by molar-refractivity contribution is 9.10.